The van der Waals surface area contributed by atoms with E-state index < -0.39 is 6.09 Å². The number of ether oxygens (including phenoxy) is 3. The third kappa shape index (κ3) is 5.80. The summed E-state index contributed by atoms with van der Waals surface area (Å²) >= 11 is 0. The van der Waals surface area contributed by atoms with Crippen LogP contribution >= 0.6 is 0 Å². The summed E-state index contributed by atoms with van der Waals surface area (Å²) in [6.45, 7) is 0. The smallest absolute Gasteiger partial charge is 0.424 e. The summed E-state index contributed by atoms with van der Waals surface area (Å²) in [5, 5.41) is 0. The van der Waals surface area contributed by atoms with Crippen LogP contribution in [0.3, 0.4) is 0 Å². The zero-order chi connectivity index (χ0) is 25.3. The predicted molar refractivity (Wildman–Crippen MR) is 140 cm³/mol. The van der Waals surface area contributed by atoms with Gasteiger partial charge in [-0.15, -0.1) is 0 Å². The van der Waals surface area contributed by atoms with E-state index in [0.29, 0.717) is 39.8 Å². The minimum atomic E-state index is -0.549. The van der Waals surface area contributed by atoms with E-state index in [1.807, 2.05) is 66.7 Å². The first-order valence-corrected chi connectivity index (χ1v) is 11.3. The molecule has 0 spiro atoms. The average molecular weight is 480 g/mol. The highest BCUT2D eigenvalue weighted by Crippen LogP contribution is 2.28. The van der Waals surface area contributed by atoms with Crippen LogP contribution in [0.15, 0.2) is 109 Å². The molecule has 180 valence electrons. The number of hydrogen-bond donors (Lipinski definition) is 0. The van der Waals surface area contributed by atoms with Gasteiger partial charge in [-0.25, -0.2) is 9.69 Å². The van der Waals surface area contributed by atoms with Gasteiger partial charge >= 0.3 is 6.09 Å². The van der Waals surface area contributed by atoms with Gasteiger partial charge < -0.3 is 14.2 Å². The van der Waals surface area contributed by atoms with E-state index in [1.54, 1.807) is 49.6 Å². The fraction of sp³-hybridized carbons (Fsp3) is 0.0667. The number of amides is 1. The van der Waals surface area contributed by atoms with Crippen LogP contribution in [0.5, 0.6) is 17.2 Å². The molecule has 0 fully saturated rings. The first-order chi connectivity index (χ1) is 17.6. The number of methoxy groups -OCH3 is 2. The molecule has 0 aliphatic heterocycles. The first-order valence-electron chi connectivity index (χ1n) is 11.3. The van der Waals surface area contributed by atoms with Crippen molar-refractivity contribution in [2.75, 3.05) is 19.1 Å². The maximum Gasteiger partial charge on any atom is 0.424 e. The Kier molecular flexibility index (Phi) is 7.78. The summed E-state index contributed by atoms with van der Waals surface area (Å²) in [6, 6.07) is 30.6. The zero-order valence-electron chi connectivity index (χ0n) is 20.0. The lowest BCUT2D eigenvalue weighted by atomic mass is 10.1. The van der Waals surface area contributed by atoms with Gasteiger partial charge in [0.15, 0.2) is 5.78 Å². The van der Waals surface area contributed by atoms with Crippen LogP contribution < -0.4 is 19.1 Å². The van der Waals surface area contributed by atoms with E-state index in [9.17, 15) is 9.59 Å². The minimum Gasteiger partial charge on any atom is -0.497 e. The standard InChI is InChI=1S/C30H25NO5/c1-34-25-17-18-27(29(21-25)35-2)28(32)19-16-22-10-9-15-26(20-22)36-30(33)31(23-11-5-3-6-12-23)24-13-7-4-8-14-24/h3-21H,1-2H3. The second kappa shape index (κ2) is 11.5. The van der Waals surface area contributed by atoms with E-state index >= 15 is 0 Å². The van der Waals surface area contributed by atoms with Crippen molar-refractivity contribution in [2.45, 2.75) is 0 Å². The zero-order valence-corrected chi connectivity index (χ0v) is 20.0. The fourth-order valence-electron chi connectivity index (χ4n) is 3.61. The lowest BCUT2D eigenvalue weighted by Crippen LogP contribution is -2.29. The van der Waals surface area contributed by atoms with Crippen LogP contribution in [-0.4, -0.2) is 26.1 Å². The lowest BCUT2D eigenvalue weighted by molar-refractivity contribution is 0.104. The Bertz CT molecular complexity index is 1330. The molecule has 4 aromatic rings. The number of hydrogen-bond acceptors (Lipinski definition) is 5. The molecule has 0 aliphatic carbocycles. The van der Waals surface area contributed by atoms with Gasteiger partial charge in [-0.05, 0) is 60.2 Å². The summed E-state index contributed by atoms with van der Waals surface area (Å²) in [4.78, 5) is 27.5. The van der Waals surface area contributed by atoms with Gasteiger partial charge in [0.05, 0.1) is 31.2 Å². The lowest BCUT2D eigenvalue weighted by Gasteiger charge is -2.22. The van der Waals surface area contributed by atoms with Crippen LogP contribution in [0.1, 0.15) is 15.9 Å². The molecule has 4 aromatic carbocycles. The van der Waals surface area contributed by atoms with Crippen LogP contribution in [0.4, 0.5) is 16.2 Å². The Balaban J connectivity index is 1.53. The molecule has 0 saturated carbocycles. The van der Waals surface area contributed by atoms with Crippen molar-refractivity contribution in [2.24, 2.45) is 0 Å². The van der Waals surface area contributed by atoms with Gasteiger partial charge in [0, 0.05) is 6.07 Å². The molecule has 0 bridgehead atoms. The van der Waals surface area contributed by atoms with Crippen molar-refractivity contribution in [3.8, 4) is 17.2 Å². The highest BCUT2D eigenvalue weighted by atomic mass is 16.6. The summed E-state index contributed by atoms with van der Waals surface area (Å²) in [6.07, 6.45) is 2.56. The number of carbonyl (C=O) groups excluding carboxylic acids is 2. The summed E-state index contributed by atoms with van der Waals surface area (Å²) in [7, 11) is 3.05. The molecule has 1 amide bonds. The summed E-state index contributed by atoms with van der Waals surface area (Å²) < 4.78 is 16.2. The number of rotatable bonds is 8. The highest BCUT2D eigenvalue weighted by molar-refractivity contribution is 6.08. The molecule has 0 unspecified atom stereocenters. The number of carbonyl (C=O) groups is 2. The number of allylic oxidation sites excluding steroid dienone is 1. The van der Waals surface area contributed by atoms with E-state index in [-0.39, 0.29) is 5.78 Å². The van der Waals surface area contributed by atoms with E-state index in [1.165, 1.54) is 18.1 Å². The molecular weight excluding hydrogens is 454 g/mol. The molecule has 0 N–H and O–H groups in total. The number of nitrogens with zero attached hydrogens (tertiary/aromatic N) is 1. The van der Waals surface area contributed by atoms with Gasteiger partial charge in [0.1, 0.15) is 17.2 Å². The molecule has 6 heteroatoms. The third-order valence-electron chi connectivity index (χ3n) is 5.38. The molecule has 36 heavy (non-hydrogen) atoms. The van der Waals surface area contributed by atoms with E-state index in [4.69, 9.17) is 14.2 Å². The van der Waals surface area contributed by atoms with Crippen molar-refractivity contribution in [1.82, 2.24) is 0 Å². The SMILES string of the molecule is COc1ccc(C(=O)C=Cc2cccc(OC(=O)N(c3ccccc3)c3ccccc3)c2)c(OC)c1. The largest absolute Gasteiger partial charge is 0.497 e. The van der Waals surface area contributed by atoms with Crippen LogP contribution in [0, 0.1) is 0 Å². The average Bonchev–Trinajstić information content (AvgIpc) is 2.93. The molecular formula is C30H25NO5. The quantitative estimate of drug-likeness (QED) is 0.202. The van der Waals surface area contributed by atoms with Crippen molar-refractivity contribution >= 4 is 29.3 Å². The fourth-order valence-corrected chi connectivity index (χ4v) is 3.61. The normalized spacial score (nSPS) is 10.6. The highest BCUT2D eigenvalue weighted by Gasteiger charge is 2.20. The number of anilines is 2. The Morgan fingerprint density at radius 1 is 0.694 bits per heavy atom. The van der Waals surface area contributed by atoms with Crippen molar-refractivity contribution in [3.63, 3.8) is 0 Å². The van der Waals surface area contributed by atoms with E-state index in [2.05, 4.69) is 0 Å². The van der Waals surface area contributed by atoms with Crippen molar-refractivity contribution in [1.29, 1.82) is 0 Å². The maximum absolute atomic E-state index is 13.2. The second-order valence-electron chi connectivity index (χ2n) is 7.71. The third-order valence-corrected chi connectivity index (χ3v) is 5.38. The Labute approximate surface area is 210 Å². The van der Waals surface area contributed by atoms with Crippen LogP contribution in [0.25, 0.3) is 6.08 Å². The van der Waals surface area contributed by atoms with Gasteiger partial charge in [-0.2, -0.15) is 0 Å². The summed E-state index contributed by atoms with van der Waals surface area (Å²) in [5.74, 6) is 1.15. The van der Waals surface area contributed by atoms with Gasteiger partial charge in [-0.1, -0.05) is 54.6 Å². The Hall–Kier alpha value is -4.84. The number of para-hydroxylation sites is 2. The number of benzene rings is 4. The van der Waals surface area contributed by atoms with Gasteiger partial charge in [0.25, 0.3) is 0 Å². The van der Waals surface area contributed by atoms with Crippen molar-refractivity contribution in [3.05, 3.63) is 120 Å². The van der Waals surface area contributed by atoms with E-state index in [0.717, 1.165) is 0 Å². The number of ketones is 1. The molecule has 0 saturated heterocycles. The monoisotopic (exact) mass is 479 g/mol. The Morgan fingerprint density at radius 3 is 1.97 bits per heavy atom. The topological polar surface area (TPSA) is 65.1 Å². The maximum atomic E-state index is 13.2. The first kappa shape index (κ1) is 24.3. The molecule has 4 rings (SSSR count). The van der Waals surface area contributed by atoms with Gasteiger partial charge in [0.2, 0.25) is 0 Å². The minimum absolute atomic E-state index is 0.226. The molecule has 0 heterocycles. The summed E-state index contributed by atoms with van der Waals surface area (Å²) in [5.41, 5.74) is 2.48. The Morgan fingerprint density at radius 2 is 1.36 bits per heavy atom. The second-order valence-corrected chi connectivity index (χ2v) is 7.71. The predicted octanol–water partition coefficient (Wildman–Crippen LogP) is 6.94. The van der Waals surface area contributed by atoms with Gasteiger partial charge in [-0.3, -0.25) is 4.79 Å². The molecule has 6 nitrogen and oxygen atoms in total. The van der Waals surface area contributed by atoms with Crippen LogP contribution in [-0.2, 0) is 0 Å². The molecule has 0 aliphatic rings. The molecule has 0 aromatic heterocycles. The van der Waals surface area contributed by atoms with Crippen LogP contribution in [0.2, 0.25) is 0 Å². The van der Waals surface area contributed by atoms with Crippen molar-refractivity contribution < 1.29 is 23.8 Å². The molecule has 0 radical (unpaired) electrons. The molecule has 0 atom stereocenters.